The molecule has 1 aliphatic rings. The highest BCUT2D eigenvalue weighted by molar-refractivity contribution is 6.05. The molecule has 2 aromatic rings. The second-order valence-electron chi connectivity index (χ2n) is 5.73. The Morgan fingerprint density at radius 2 is 2.00 bits per heavy atom. The van der Waals surface area contributed by atoms with E-state index in [2.05, 4.69) is 10.6 Å². The van der Waals surface area contributed by atoms with Crippen LogP contribution in [0.15, 0.2) is 42.5 Å². The topological polar surface area (TPSA) is 84.3 Å². The van der Waals surface area contributed by atoms with Crippen molar-refractivity contribution >= 4 is 23.0 Å². The van der Waals surface area contributed by atoms with Crippen molar-refractivity contribution in [3.05, 3.63) is 63.7 Å². The molecule has 0 atom stereocenters. The lowest BCUT2D eigenvalue weighted by molar-refractivity contribution is -0.384. The molecule has 1 fully saturated rings. The molecule has 2 aromatic carbocycles. The van der Waals surface area contributed by atoms with Gasteiger partial charge in [0.05, 0.1) is 4.92 Å². The van der Waals surface area contributed by atoms with Crippen LogP contribution in [0.5, 0.6) is 0 Å². The molecule has 0 aliphatic heterocycles. The van der Waals surface area contributed by atoms with Gasteiger partial charge in [0, 0.05) is 23.4 Å². The maximum absolute atomic E-state index is 12.3. The van der Waals surface area contributed by atoms with Crippen molar-refractivity contribution in [3.8, 4) is 0 Å². The van der Waals surface area contributed by atoms with Crippen molar-refractivity contribution in [1.82, 2.24) is 0 Å². The Labute approximate surface area is 133 Å². The Balaban J connectivity index is 1.82. The number of anilines is 2. The maximum atomic E-state index is 12.3. The molecule has 2 N–H and O–H groups in total. The molecule has 0 aromatic heterocycles. The molecule has 6 nitrogen and oxygen atoms in total. The molecule has 1 saturated carbocycles. The number of carbonyl (C=O) groups is 1. The zero-order chi connectivity index (χ0) is 16.4. The third kappa shape index (κ3) is 3.66. The van der Waals surface area contributed by atoms with Gasteiger partial charge in [-0.1, -0.05) is 12.1 Å². The smallest absolute Gasteiger partial charge is 0.293 e. The molecule has 0 saturated heterocycles. The van der Waals surface area contributed by atoms with E-state index >= 15 is 0 Å². The number of nitro benzene ring substituents is 1. The number of nitro groups is 1. The zero-order valence-electron chi connectivity index (χ0n) is 12.7. The van der Waals surface area contributed by atoms with Crippen LogP contribution in [0.25, 0.3) is 0 Å². The summed E-state index contributed by atoms with van der Waals surface area (Å²) >= 11 is 0. The van der Waals surface area contributed by atoms with Crippen molar-refractivity contribution in [3.63, 3.8) is 0 Å². The molecule has 0 spiro atoms. The molecular weight excluding hydrogens is 294 g/mol. The second kappa shape index (κ2) is 6.08. The maximum Gasteiger partial charge on any atom is 0.293 e. The van der Waals surface area contributed by atoms with Crippen molar-refractivity contribution in [2.75, 3.05) is 10.6 Å². The molecule has 1 aliphatic carbocycles. The van der Waals surface area contributed by atoms with Crippen LogP contribution in [-0.4, -0.2) is 16.9 Å². The van der Waals surface area contributed by atoms with E-state index in [1.165, 1.54) is 6.07 Å². The van der Waals surface area contributed by atoms with Gasteiger partial charge in [0.2, 0.25) is 0 Å². The van der Waals surface area contributed by atoms with Gasteiger partial charge in [-0.3, -0.25) is 14.9 Å². The number of rotatable bonds is 5. The van der Waals surface area contributed by atoms with E-state index in [0.29, 0.717) is 17.4 Å². The van der Waals surface area contributed by atoms with Crippen molar-refractivity contribution in [2.24, 2.45) is 0 Å². The predicted octanol–water partition coefficient (Wildman–Crippen LogP) is 3.73. The lowest BCUT2D eigenvalue weighted by atomic mass is 10.1. The van der Waals surface area contributed by atoms with E-state index in [4.69, 9.17) is 0 Å². The van der Waals surface area contributed by atoms with Crippen molar-refractivity contribution in [1.29, 1.82) is 0 Å². The van der Waals surface area contributed by atoms with Crippen molar-refractivity contribution in [2.45, 2.75) is 25.8 Å². The third-order valence-electron chi connectivity index (χ3n) is 3.67. The van der Waals surface area contributed by atoms with Gasteiger partial charge in [0.25, 0.3) is 11.6 Å². The Kier molecular flexibility index (Phi) is 3.97. The van der Waals surface area contributed by atoms with Gasteiger partial charge in [-0.25, -0.2) is 0 Å². The van der Waals surface area contributed by atoms with Gasteiger partial charge >= 0.3 is 0 Å². The largest absolute Gasteiger partial charge is 0.377 e. The number of hydrogen-bond donors (Lipinski definition) is 2. The van der Waals surface area contributed by atoms with Gasteiger partial charge in [-0.05, 0) is 49.6 Å². The summed E-state index contributed by atoms with van der Waals surface area (Å²) in [5, 5.41) is 17.1. The van der Waals surface area contributed by atoms with Gasteiger partial charge in [-0.2, -0.15) is 0 Å². The first kappa shape index (κ1) is 15.0. The number of amides is 1. The highest BCUT2D eigenvalue weighted by Gasteiger charge is 2.25. The van der Waals surface area contributed by atoms with Crippen LogP contribution in [0.4, 0.5) is 17.1 Å². The number of hydrogen-bond acceptors (Lipinski definition) is 4. The second-order valence-corrected chi connectivity index (χ2v) is 5.73. The molecule has 0 unspecified atom stereocenters. The van der Waals surface area contributed by atoms with Crippen LogP contribution in [0, 0.1) is 17.0 Å². The van der Waals surface area contributed by atoms with Gasteiger partial charge in [0.1, 0.15) is 5.69 Å². The average Bonchev–Trinajstić information content (AvgIpc) is 3.31. The minimum absolute atomic E-state index is 0.0752. The third-order valence-corrected chi connectivity index (χ3v) is 3.67. The standard InChI is InChI=1S/C17H17N3O3/c1-11-3-2-4-14(9-11)19-17(21)12-5-8-15(18-13-6-7-13)16(10-12)20(22)23/h2-5,8-10,13,18H,6-7H2,1H3,(H,19,21). The number of benzene rings is 2. The van der Waals surface area contributed by atoms with Crippen LogP contribution < -0.4 is 10.6 Å². The molecule has 1 amide bonds. The minimum atomic E-state index is -0.464. The van der Waals surface area contributed by atoms with E-state index in [1.807, 2.05) is 25.1 Å². The van der Waals surface area contributed by atoms with Crippen molar-refractivity contribution < 1.29 is 9.72 Å². The van der Waals surface area contributed by atoms with Crippen LogP contribution in [0.1, 0.15) is 28.8 Å². The number of nitrogens with zero attached hydrogens (tertiary/aromatic N) is 1. The van der Waals surface area contributed by atoms with Crippen LogP contribution in [0.3, 0.4) is 0 Å². The Morgan fingerprint density at radius 3 is 2.65 bits per heavy atom. The van der Waals surface area contributed by atoms with Crippen LogP contribution >= 0.6 is 0 Å². The van der Waals surface area contributed by atoms with E-state index in [1.54, 1.807) is 18.2 Å². The fourth-order valence-corrected chi connectivity index (χ4v) is 2.32. The fourth-order valence-electron chi connectivity index (χ4n) is 2.32. The Bertz CT molecular complexity index is 769. The highest BCUT2D eigenvalue weighted by atomic mass is 16.6. The van der Waals surface area contributed by atoms with E-state index in [9.17, 15) is 14.9 Å². The van der Waals surface area contributed by atoms with Gasteiger partial charge in [0.15, 0.2) is 0 Å². The summed E-state index contributed by atoms with van der Waals surface area (Å²) in [4.78, 5) is 23.1. The van der Waals surface area contributed by atoms with E-state index < -0.39 is 4.92 Å². The Morgan fingerprint density at radius 1 is 1.22 bits per heavy atom. The molecule has 0 radical (unpaired) electrons. The minimum Gasteiger partial charge on any atom is -0.377 e. The summed E-state index contributed by atoms with van der Waals surface area (Å²) in [6.07, 6.45) is 2.04. The normalized spacial score (nSPS) is 13.4. The summed E-state index contributed by atoms with van der Waals surface area (Å²) in [5.41, 5.74) is 2.34. The predicted molar refractivity (Wildman–Crippen MR) is 88.9 cm³/mol. The molecular formula is C17H17N3O3. The molecule has 23 heavy (non-hydrogen) atoms. The monoisotopic (exact) mass is 311 g/mol. The number of nitrogens with one attached hydrogen (secondary N) is 2. The SMILES string of the molecule is Cc1cccc(NC(=O)c2ccc(NC3CC3)c([N+](=O)[O-])c2)c1. The summed E-state index contributed by atoms with van der Waals surface area (Å²) in [5.74, 6) is -0.364. The summed E-state index contributed by atoms with van der Waals surface area (Å²) in [6.45, 7) is 1.93. The molecule has 0 heterocycles. The summed E-state index contributed by atoms with van der Waals surface area (Å²) < 4.78 is 0. The number of carbonyl (C=O) groups excluding carboxylic acids is 1. The first-order chi connectivity index (χ1) is 11.0. The van der Waals surface area contributed by atoms with Crippen LogP contribution in [-0.2, 0) is 0 Å². The highest BCUT2D eigenvalue weighted by Crippen LogP contribution is 2.31. The lowest BCUT2D eigenvalue weighted by Gasteiger charge is -2.09. The molecule has 3 rings (SSSR count). The number of aryl methyl sites for hydroxylation is 1. The molecule has 118 valence electrons. The van der Waals surface area contributed by atoms with E-state index in [0.717, 1.165) is 18.4 Å². The van der Waals surface area contributed by atoms with E-state index in [-0.39, 0.29) is 17.2 Å². The summed E-state index contributed by atoms with van der Waals surface area (Å²) in [7, 11) is 0. The summed E-state index contributed by atoms with van der Waals surface area (Å²) in [6, 6.07) is 12.2. The van der Waals surface area contributed by atoms with Gasteiger partial charge in [-0.15, -0.1) is 0 Å². The first-order valence-electron chi connectivity index (χ1n) is 7.46. The lowest BCUT2D eigenvalue weighted by Crippen LogP contribution is -2.13. The molecule has 6 heteroatoms. The first-order valence-corrected chi connectivity index (χ1v) is 7.46. The van der Waals surface area contributed by atoms with Gasteiger partial charge < -0.3 is 10.6 Å². The average molecular weight is 311 g/mol. The quantitative estimate of drug-likeness (QED) is 0.651. The zero-order valence-corrected chi connectivity index (χ0v) is 12.7. The van der Waals surface area contributed by atoms with Crippen LogP contribution in [0.2, 0.25) is 0 Å². The fraction of sp³-hybridized carbons (Fsp3) is 0.235. The molecule has 0 bridgehead atoms. The Hall–Kier alpha value is -2.89.